The lowest BCUT2D eigenvalue weighted by Crippen LogP contribution is -2.30. The van der Waals surface area contributed by atoms with Gasteiger partial charge in [-0.3, -0.25) is 4.79 Å². The van der Waals surface area contributed by atoms with E-state index in [1.54, 1.807) is 23.1 Å². The van der Waals surface area contributed by atoms with Gasteiger partial charge >= 0.3 is 0 Å². The highest BCUT2D eigenvalue weighted by atomic mass is 32.2. The van der Waals surface area contributed by atoms with Gasteiger partial charge in [0.2, 0.25) is 5.82 Å². The van der Waals surface area contributed by atoms with Gasteiger partial charge in [-0.2, -0.15) is 4.80 Å². The molecule has 0 saturated heterocycles. The molecule has 8 heteroatoms. The summed E-state index contributed by atoms with van der Waals surface area (Å²) in [5.41, 5.74) is 1.47. The number of pyridine rings is 1. The van der Waals surface area contributed by atoms with Crippen LogP contribution in [0.1, 0.15) is 98.9 Å². The largest absolute Gasteiger partial charge is 0.338 e. The minimum atomic E-state index is -0.476. The van der Waals surface area contributed by atoms with Crippen LogP contribution in [0.4, 0.5) is 0 Å². The van der Waals surface area contributed by atoms with Gasteiger partial charge in [0.1, 0.15) is 6.04 Å². The fourth-order valence-corrected chi connectivity index (χ4v) is 4.44. The van der Waals surface area contributed by atoms with Crippen molar-refractivity contribution in [3.63, 3.8) is 0 Å². The molecule has 0 saturated carbocycles. The van der Waals surface area contributed by atoms with Crippen molar-refractivity contribution in [2.24, 2.45) is 0 Å². The van der Waals surface area contributed by atoms with Gasteiger partial charge in [0, 0.05) is 11.8 Å². The van der Waals surface area contributed by atoms with E-state index in [4.69, 9.17) is 0 Å². The standard InChI is InChI=1S/C27H38N6OS/c1-3-4-5-6-7-8-9-10-11-15-20-33-31-26(30-32-33)25(22-16-13-12-14-17-22)29-27(34)23-18-19-28-24(21-23)35-2/h12-14,16-19,21,25H,3-11,15,20H2,1-2H3,(H,29,34). The SMILES string of the molecule is CCCCCCCCCCCCn1nnc(C(NC(=O)c2ccnc(SC)c2)c2ccccc2)n1. The number of benzene rings is 1. The van der Waals surface area contributed by atoms with E-state index in [1.807, 2.05) is 36.6 Å². The minimum Gasteiger partial charge on any atom is -0.338 e. The maximum absolute atomic E-state index is 13.0. The maximum Gasteiger partial charge on any atom is 0.252 e. The van der Waals surface area contributed by atoms with Crippen LogP contribution in [0, 0.1) is 0 Å². The molecule has 1 unspecified atom stereocenters. The van der Waals surface area contributed by atoms with Crippen molar-refractivity contribution in [2.45, 2.75) is 88.7 Å². The van der Waals surface area contributed by atoms with Crippen LogP contribution in [0.5, 0.6) is 0 Å². The Bertz CT molecular complexity index is 1010. The Morgan fingerprint density at radius 3 is 2.34 bits per heavy atom. The molecule has 2 aromatic heterocycles. The normalized spacial score (nSPS) is 11.9. The molecule has 2 heterocycles. The van der Waals surface area contributed by atoms with Crippen molar-refractivity contribution < 1.29 is 4.79 Å². The molecule has 0 aliphatic rings. The fraction of sp³-hybridized carbons (Fsp3) is 0.519. The summed E-state index contributed by atoms with van der Waals surface area (Å²) in [5.74, 6) is 0.304. The smallest absolute Gasteiger partial charge is 0.252 e. The van der Waals surface area contributed by atoms with E-state index in [1.165, 1.54) is 69.5 Å². The highest BCUT2D eigenvalue weighted by Gasteiger charge is 2.22. The van der Waals surface area contributed by atoms with Crippen molar-refractivity contribution in [2.75, 3.05) is 6.26 Å². The zero-order valence-corrected chi connectivity index (χ0v) is 21.8. The number of unbranched alkanes of at least 4 members (excludes halogenated alkanes) is 9. The number of rotatable bonds is 16. The summed E-state index contributed by atoms with van der Waals surface area (Å²) in [6.45, 7) is 2.99. The number of nitrogens with zero attached hydrogens (tertiary/aromatic N) is 5. The van der Waals surface area contributed by atoms with Crippen LogP contribution in [-0.4, -0.2) is 37.4 Å². The quantitative estimate of drug-likeness (QED) is 0.188. The average molecular weight is 495 g/mol. The molecular formula is C27H38N6OS. The van der Waals surface area contributed by atoms with Gasteiger partial charge in [-0.15, -0.1) is 22.0 Å². The van der Waals surface area contributed by atoms with E-state index >= 15 is 0 Å². The van der Waals surface area contributed by atoms with Crippen molar-refractivity contribution >= 4 is 17.7 Å². The summed E-state index contributed by atoms with van der Waals surface area (Å²) in [5, 5.41) is 17.0. The number of tetrazole rings is 1. The number of hydrogen-bond donors (Lipinski definition) is 1. The molecule has 3 aromatic rings. The molecule has 1 atom stereocenters. The first-order valence-corrected chi connectivity index (χ1v) is 14.1. The highest BCUT2D eigenvalue weighted by molar-refractivity contribution is 7.98. The number of amides is 1. The van der Waals surface area contributed by atoms with Crippen LogP contribution in [-0.2, 0) is 6.54 Å². The van der Waals surface area contributed by atoms with Crippen molar-refractivity contribution in [1.29, 1.82) is 0 Å². The Morgan fingerprint density at radius 2 is 1.66 bits per heavy atom. The molecule has 0 aliphatic heterocycles. The van der Waals surface area contributed by atoms with Gasteiger partial charge in [-0.25, -0.2) is 4.98 Å². The molecule has 188 valence electrons. The highest BCUT2D eigenvalue weighted by Crippen LogP contribution is 2.20. The molecule has 35 heavy (non-hydrogen) atoms. The monoisotopic (exact) mass is 494 g/mol. The predicted molar refractivity (Wildman–Crippen MR) is 141 cm³/mol. The van der Waals surface area contributed by atoms with E-state index in [9.17, 15) is 4.79 Å². The lowest BCUT2D eigenvalue weighted by atomic mass is 10.1. The van der Waals surface area contributed by atoms with Crippen molar-refractivity contribution in [1.82, 2.24) is 30.5 Å². The first kappa shape index (κ1) is 26.9. The Hall–Kier alpha value is -2.74. The van der Waals surface area contributed by atoms with E-state index in [-0.39, 0.29) is 5.91 Å². The molecule has 0 spiro atoms. The molecule has 0 radical (unpaired) electrons. The summed E-state index contributed by atoms with van der Waals surface area (Å²) in [4.78, 5) is 18.9. The minimum absolute atomic E-state index is 0.192. The second-order valence-electron chi connectivity index (χ2n) is 8.83. The third-order valence-electron chi connectivity index (χ3n) is 6.05. The third kappa shape index (κ3) is 9.09. The molecule has 3 rings (SSSR count). The van der Waals surface area contributed by atoms with Gasteiger partial charge in [0.05, 0.1) is 11.6 Å². The molecule has 1 amide bonds. The Labute approximate surface area is 213 Å². The molecule has 1 N–H and O–H groups in total. The molecule has 7 nitrogen and oxygen atoms in total. The fourth-order valence-electron chi connectivity index (χ4n) is 4.03. The van der Waals surface area contributed by atoms with Gasteiger partial charge in [-0.1, -0.05) is 95.0 Å². The zero-order valence-electron chi connectivity index (χ0n) is 21.0. The van der Waals surface area contributed by atoms with Gasteiger partial charge < -0.3 is 5.32 Å². The van der Waals surface area contributed by atoms with Crippen LogP contribution < -0.4 is 5.32 Å². The van der Waals surface area contributed by atoms with Gasteiger partial charge in [-0.05, 0) is 35.6 Å². The molecule has 0 bridgehead atoms. The van der Waals surface area contributed by atoms with E-state index in [2.05, 4.69) is 32.6 Å². The second kappa shape index (κ2) is 15.3. The Kier molecular flexibility index (Phi) is 11.7. The Balaban J connectivity index is 1.53. The number of aryl methyl sites for hydroxylation is 1. The number of thioether (sulfide) groups is 1. The lowest BCUT2D eigenvalue weighted by molar-refractivity contribution is 0.0941. The summed E-state index contributed by atoms with van der Waals surface area (Å²) < 4.78 is 0. The number of nitrogens with one attached hydrogen (secondary N) is 1. The maximum atomic E-state index is 13.0. The second-order valence-corrected chi connectivity index (χ2v) is 9.66. The number of aromatic nitrogens is 5. The van der Waals surface area contributed by atoms with Crippen LogP contribution in [0.15, 0.2) is 53.7 Å². The molecular weight excluding hydrogens is 456 g/mol. The summed E-state index contributed by atoms with van der Waals surface area (Å²) in [7, 11) is 0. The van der Waals surface area contributed by atoms with E-state index < -0.39 is 6.04 Å². The molecule has 1 aromatic carbocycles. The molecule has 0 fully saturated rings. The number of carbonyl (C=O) groups is 1. The third-order valence-corrected chi connectivity index (χ3v) is 6.69. The summed E-state index contributed by atoms with van der Waals surface area (Å²) in [6, 6.07) is 12.8. The van der Waals surface area contributed by atoms with E-state index in [0.29, 0.717) is 11.4 Å². The topological polar surface area (TPSA) is 85.6 Å². The van der Waals surface area contributed by atoms with Crippen LogP contribution in [0.2, 0.25) is 0 Å². The average Bonchev–Trinajstić information content (AvgIpc) is 3.37. The summed E-state index contributed by atoms with van der Waals surface area (Å²) >= 11 is 1.50. The van der Waals surface area contributed by atoms with Crippen molar-refractivity contribution in [3.05, 3.63) is 65.6 Å². The van der Waals surface area contributed by atoms with Crippen LogP contribution in [0.3, 0.4) is 0 Å². The van der Waals surface area contributed by atoms with Crippen LogP contribution >= 0.6 is 11.8 Å². The van der Waals surface area contributed by atoms with E-state index in [0.717, 1.165) is 23.6 Å². The van der Waals surface area contributed by atoms with Crippen molar-refractivity contribution in [3.8, 4) is 0 Å². The predicted octanol–water partition coefficient (Wildman–Crippen LogP) is 6.23. The number of hydrogen-bond acceptors (Lipinski definition) is 6. The lowest BCUT2D eigenvalue weighted by Gasteiger charge is -2.16. The zero-order chi connectivity index (χ0) is 24.7. The summed E-state index contributed by atoms with van der Waals surface area (Å²) in [6.07, 6.45) is 16.5. The first-order chi connectivity index (χ1) is 17.2. The van der Waals surface area contributed by atoms with Gasteiger partial charge in [0.25, 0.3) is 5.91 Å². The first-order valence-electron chi connectivity index (χ1n) is 12.8. The van der Waals surface area contributed by atoms with Gasteiger partial charge in [0.15, 0.2) is 0 Å². The molecule has 0 aliphatic carbocycles. The van der Waals surface area contributed by atoms with Crippen LogP contribution in [0.25, 0.3) is 0 Å². The Morgan fingerprint density at radius 1 is 0.971 bits per heavy atom. The number of carbonyl (C=O) groups excluding carboxylic acids is 1.